The number of piperidine rings is 1. The zero-order valence-corrected chi connectivity index (χ0v) is 11.5. The van der Waals surface area contributed by atoms with Crippen molar-refractivity contribution >= 4 is 17.7 Å². The summed E-state index contributed by atoms with van der Waals surface area (Å²) >= 11 is 0. The number of aromatic nitrogens is 1. The first-order valence-corrected chi connectivity index (χ1v) is 6.83. The van der Waals surface area contributed by atoms with Crippen molar-refractivity contribution in [2.75, 3.05) is 18.4 Å². The number of hydrogen-bond acceptors (Lipinski definition) is 4. The van der Waals surface area contributed by atoms with E-state index < -0.39 is 12.0 Å². The van der Waals surface area contributed by atoms with E-state index in [1.54, 1.807) is 13.0 Å². The van der Waals surface area contributed by atoms with Crippen LogP contribution in [0.2, 0.25) is 0 Å². The molecule has 0 bridgehead atoms. The molecule has 0 radical (unpaired) electrons. The number of nitrogens with zero attached hydrogens (tertiary/aromatic N) is 2. The van der Waals surface area contributed by atoms with Crippen molar-refractivity contribution < 1.29 is 14.7 Å². The van der Waals surface area contributed by atoms with Crippen LogP contribution in [0.3, 0.4) is 0 Å². The topological polar surface area (TPSA) is 82.5 Å². The highest BCUT2D eigenvalue weighted by atomic mass is 16.4. The fourth-order valence-corrected chi connectivity index (χ4v) is 2.35. The molecule has 108 valence electrons. The van der Waals surface area contributed by atoms with Gasteiger partial charge in [-0.1, -0.05) is 0 Å². The lowest BCUT2D eigenvalue weighted by atomic mass is 10.1. The van der Waals surface area contributed by atoms with Gasteiger partial charge in [0.05, 0.1) is 0 Å². The van der Waals surface area contributed by atoms with Crippen LogP contribution in [-0.4, -0.2) is 46.0 Å². The summed E-state index contributed by atoms with van der Waals surface area (Å²) in [6.45, 7) is 3.29. The molecule has 1 atom stereocenters. The van der Waals surface area contributed by atoms with Crippen molar-refractivity contribution in [3.63, 3.8) is 0 Å². The van der Waals surface area contributed by atoms with E-state index in [9.17, 15) is 9.59 Å². The molecular weight excluding hydrogens is 258 g/mol. The highest BCUT2D eigenvalue weighted by Crippen LogP contribution is 2.15. The van der Waals surface area contributed by atoms with Crippen molar-refractivity contribution in [2.24, 2.45) is 0 Å². The van der Waals surface area contributed by atoms with Gasteiger partial charge in [-0.05, 0) is 38.3 Å². The molecule has 1 aliphatic heterocycles. The van der Waals surface area contributed by atoms with Gasteiger partial charge in [-0.3, -0.25) is 4.79 Å². The Hall–Kier alpha value is -2.11. The van der Waals surface area contributed by atoms with Crippen LogP contribution in [-0.2, 0) is 4.79 Å². The van der Waals surface area contributed by atoms with Crippen molar-refractivity contribution in [1.29, 1.82) is 0 Å². The van der Waals surface area contributed by atoms with Crippen LogP contribution >= 0.6 is 0 Å². The lowest BCUT2D eigenvalue weighted by molar-refractivity contribution is -0.132. The van der Waals surface area contributed by atoms with Crippen molar-refractivity contribution in [3.8, 4) is 0 Å². The molecule has 1 aliphatic rings. The molecule has 1 unspecified atom stereocenters. The Morgan fingerprint density at radius 1 is 1.35 bits per heavy atom. The molecule has 1 aromatic rings. The number of anilines is 1. The third kappa shape index (κ3) is 3.26. The Labute approximate surface area is 117 Å². The fourth-order valence-electron chi connectivity index (χ4n) is 2.35. The maximum atomic E-state index is 12.3. The number of likely N-dealkylation sites (tertiary alicyclic amines) is 1. The van der Waals surface area contributed by atoms with Gasteiger partial charge < -0.3 is 15.3 Å². The molecule has 0 aliphatic carbocycles. The fraction of sp³-hybridized carbons (Fsp3) is 0.500. The van der Waals surface area contributed by atoms with Gasteiger partial charge in [-0.25, -0.2) is 9.78 Å². The average molecular weight is 277 g/mol. The lowest BCUT2D eigenvalue weighted by Gasteiger charge is -2.29. The molecule has 2 N–H and O–H groups in total. The van der Waals surface area contributed by atoms with Crippen molar-refractivity contribution in [1.82, 2.24) is 9.88 Å². The number of rotatable bonds is 4. The SMILES string of the molecule is CC(Nc1ncccc1C(=O)O)C(=O)N1CCCCC1. The summed E-state index contributed by atoms with van der Waals surface area (Å²) in [6, 6.07) is 2.54. The first kappa shape index (κ1) is 14.3. The van der Waals surface area contributed by atoms with Gasteiger partial charge in [0.15, 0.2) is 0 Å². The summed E-state index contributed by atoms with van der Waals surface area (Å²) in [7, 11) is 0. The van der Waals surface area contributed by atoms with Crippen LogP contribution in [0, 0.1) is 0 Å². The molecule has 1 amide bonds. The smallest absolute Gasteiger partial charge is 0.339 e. The van der Waals surface area contributed by atoms with Crippen LogP contribution in [0.25, 0.3) is 0 Å². The third-order valence-electron chi connectivity index (χ3n) is 3.43. The van der Waals surface area contributed by atoms with Gasteiger partial charge in [0, 0.05) is 19.3 Å². The summed E-state index contributed by atoms with van der Waals surface area (Å²) < 4.78 is 0. The zero-order valence-electron chi connectivity index (χ0n) is 11.5. The molecule has 1 saturated heterocycles. The molecule has 1 aromatic heterocycles. The molecule has 6 heteroatoms. The van der Waals surface area contributed by atoms with E-state index >= 15 is 0 Å². The van der Waals surface area contributed by atoms with E-state index in [1.165, 1.54) is 12.3 Å². The van der Waals surface area contributed by atoms with Gasteiger partial charge in [0.1, 0.15) is 17.4 Å². The Bertz CT molecular complexity index is 498. The number of amides is 1. The average Bonchev–Trinajstić information content (AvgIpc) is 2.47. The monoisotopic (exact) mass is 277 g/mol. The van der Waals surface area contributed by atoms with Gasteiger partial charge in [0.2, 0.25) is 5.91 Å². The number of carboxylic acids is 1. The van der Waals surface area contributed by atoms with E-state index in [4.69, 9.17) is 5.11 Å². The first-order valence-electron chi connectivity index (χ1n) is 6.83. The predicted octanol–water partition coefficient (Wildman–Crippen LogP) is 1.59. The van der Waals surface area contributed by atoms with Crippen LogP contribution < -0.4 is 5.32 Å². The largest absolute Gasteiger partial charge is 0.478 e. The van der Waals surface area contributed by atoms with Crippen molar-refractivity contribution in [3.05, 3.63) is 23.9 Å². The maximum Gasteiger partial charge on any atom is 0.339 e. The molecule has 2 heterocycles. The molecule has 1 fully saturated rings. The van der Waals surface area contributed by atoms with Crippen LogP contribution in [0.5, 0.6) is 0 Å². The van der Waals surface area contributed by atoms with Gasteiger partial charge in [-0.2, -0.15) is 0 Å². The zero-order chi connectivity index (χ0) is 14.5. The molecule has 6 nitrogen and oxygen atoms in total. The van der Waals surface area contributed by atoms with Crippen LogP contribution in [0.4, 0.5) is 5.82 Å². The number of nitrogens with one attached hydrogen (secondary N) is 1. The van der Waals surface area contributed by atoms with Gasteiger partial charge >= 0.3 is 5.97 Å². The second kappa shape index (κ2) is 6.36. The Balaban J connectivity index is 2.05. The van der Waals surface area contributed by atoms with Gasteiger partial charge in [0.25, 0.3) is 0 Å². The molecule has 0 saturated carbocycles. The normalized spacial score (nSPS) is 16.6. The summed E-state index contributed by atoms with van der Waals surface area (Å²) in [5.74, 6) is -0.831. The van der Waals surface area contributed by atoms with E-state index in [-0.39, 0.29) is 17.3 Å². The first-order chi connectivity index (χ1) is 9.59. The molecule has 20 heavy (non-hydrogen) atoms. The molecule has 0 spiro atoms. The summed E-state index contributed by atoms with van der Waals surface area (Å²) in [6.07, 6.45) is 4.73. The van der Waals surface area contributed by atoms with Gasteiger partial charge in [-0.15, -0.1) is 0 Å². The summed E-state index contributed by atoms with van der Waals surface area (Å²) in [4.78, 5) is 29.2. The van der Waals surface area contributed by atoms with E-state index in [1.807, 2.05) is 4.90 Å². The number of carbonyl (C=O) groups excluding carboxylic acids is 1. The van der Waals surface area contributed by atoms with E-state index in [2.05, 4.69) is 10.3 Å². The minimum absolute atomic E-state index is 0.00769. The maximum absolute atomic E-state index is 12.3. The number of aromatic carboxylic acids is 1. The second-order valence-electron chi connectivity index (χ2n) is 4.96. The Morgan fingerprint density at radius 2 is 2.05 bits per heavy atom. The minimum atomic E-state index is -1.06. The lowest BCUT2D eigenvalue weighted by Crippen LogP contribution is -2.44. The van der Waals surface area contributed by atoms with E-state index in [0.717, 1.165) is 32.4 Å². The number of carboxylic acid groups (broad SMARTS) is 1. The third-order valence-corrected chi connectivity index (χ3v) is 3.43. The molecule has 2 rings (SSSR count). The second-order valence-corrected chi connectivity index (χ2v) is 4.96. The Morgan fingerprint density at radius 3 is 2.70 bits per heavy atom. The number of carbonyl (C=O) groups is 2. The van der Waals surface area contributed by atoms with E-state index in [0.29, 0.717) is 0 Å². The highest BCUT2D eigenvalue weighted by molar-refractivity contribution is 5.94. The number of pyridine rings is 1. The minimum Gasteiger partial charge on any atom is -0.478 e. The van der Waals surface area contributed by atoms with Crippen LogP contribution in [0.15, 0.2) is 18.3 Å². The molecule has 0 aromatic carbocycles. The highest BCUT2D eigenvalue weighted by Gasteiger charge is 2.23. The predicted molar refractivity (Wildman–Crippen MR) is 74.7 cm³/mol. The molecular formula is C14H19N3O3. The standard InChI is InChI=1S/C14H19N3O3/c1-10(13(18)17-8-3-2-4-9-17)16-12-11(14(19)20)6-5-7-15-12/h5-7,10H,2-4,8-9H2,1H3,(H,15,16)(H,19,20). The summed E-state index contributed by atoms with van der Waals surface area (Å²) in [5, 5.41) is 12.0. The number of hydrogen-bond donors (Lipinski definition) is 2. The summed E-state index contributed by atoms with van der Waals surface area (Å²) in [5.41, 5.74) is 0.0748. The van der Waals surface area contributed by atoms with Crippen LogP contribution in [0.1, 0.15) is 36.5 Å². The Kier molecular flexibility index (Phi) is 4.55. The quantitative estimate of drug-likeness (QED) is 0.873. The van der Waals surface area contributed by atoms with Crippen molar-refractivity contribution in [2.45, 2.75) is 32.2 Å².